The van der Waals surface area contributed by atoms with Gasteiger partial charge in [-0.25, -0.2) is 0 Å². The van der Waals surface area contributed by atoms with E-state index in [9.17, 15) is 24.3 Å². The molecule has 3 amide bonds. The van der Waals surface area contributed by atoms with Crippen molar-refractivity contribution in [1.82, 2.24) is 16.0 Å². The Hall–Kier alpha value is -4.18. The number of amides is 3. The van der Waals surface area contributed by atoms with E-state index in [0.717, 1.165) is 21.9 Å². The predicted molar refractivity (Wildman–Crippen MR) is 151 cm³/mol. The molecule has 0 spiro atoms. The molecule has 0 heterocycles. The molecule has 0 fully saturated rings. The summed E-state index contributed by atoms with van der Waals surface area (Å²) in [6, 6.07) is 20.8. The van der Waals surface area contributed by atoms with Gasteiger partial charge in [0, 0.05) is 6.42 Å². The van der Waals surface area contributed by atoms with E-state index in [-0.39, 0.29) is 18.8 Å². The molecule has 0 radical (unpaired) electrons. The fraction of sp³-hybridized carbons (Fsp3) is 0.310. The first-order valence-electron chi connectivity index (χ1n) is 13.0. The van der Waals surface area contributed by atoms with Crippen molar-refractivity contribution < 1.29 is 29.0 Å². The normalized spacial score (nSPS) is 13.1. The van der Waals surface area contributed by atoms with Crippen molar-refractivity contribution in [3.8, 4) is 0 Å². The van der Waals surface area contributed by atoms with Crippen LogP contribution >= 0.6 is 0 Å². The van der Waals surface area contributed by atoms with Crippen LogP contribution in [0, 0.1) is 0 Å². The molecular formula is C29H34BN3O6. The van der Waals surface area contributed by atoms with E-state index in [2.05, 4.69) is 16.0 Å². The molecule has 3 atom stereocenters. The fourth-order valence-electron chi connectivity index (χ4n) is 4.28. The summed E-state index contributed by atoms with van der Waals surface area (Å²) in [5.74, 6) is -2.37. The topological polar surface area (TPSA) is 134 Å². The van der Waals surface area contributed by atoms with Crippen molar-refractivity contribution in [3.63, 3.8) is 0 Å². The van der Waals surface area contributed by atoms with Gasteiger partial charge in [-0.2, -0.15) is 0 Å². The fourth-order valence-corrected chi connectivity index (χ4v) is 4.28. The van der Waals surface area contributed by atoms with E-state index in [1.54, 1.807) is 0 Å². The number of fused-ring (bicyclic) bond motifs is 1. The van der Waals surface area contributed by atoms with Crippen molar-refractivity contribution in [3.05, 3.63) is 83.9 Å². The molecule has 0 aliphatic heterocycles. The molecule has 4 N–H and O–H groups in total. The Labute approximate surface area is 228 Å². The van der Waals surface area contributed by atoms with Gasteiger partial charge in [0.25, 0.3) is 5.91 Å². The van der Waals surface area contributed by atoms with Crippen molar-refractivity contribution in [1.29, 1.82) is 0 Å². The molecule has 0 saturated heterocycles. The summed E-state index contributed by atoms with van der Waals surface area (Å²) in [6.07, 6.45) is -0.505. The number of rotatable bonds is 13. The lowest BCUT2D eigenvalue weighted by molar-refractivity contribution is -0.146. The lowest BCUT2D eigenvalue weighted by Crippen LogP contribution is -2.56. The second-order valence-electron chi connectivity index (χ2n) is 9.31. The summed E-state index contributed by atoms with van der Waals surface area (Å²) in [5, 5.41) is 20.5. The van der Waals surface area contributed by atoms with Crippen LogP contribution in [-0.4, -0.2) is 61.3 Å². The molecule has 0 saturated carbocycles. The molecule has 9 nitrogen and oxygen atoms in total. The van der Waals surface area contributed by atoms with Gasteiger partial charge in [0.2, 0.25) is 13.8 Å². The SMILES string of the molecule is BC(=O)N[C@@H](Cc1cccc2ccccc12)C(=O)NC(CCC)C(O)C(=O)NCC(=O)OCc1ccccc1. The molecule has 10 heteroatoms. The zero-order valence-electron chi connectivity index (χ0n) is 22.2. The smallest absolute Gasteiger partial charge is 0.325 e. The molecule has 3 rings (SSSR count). The van der Waals surface area contributed by atoms with Gasteiger partial charge in [-0.3, -0.25) is 19.2 Å². The summed E-state index contributed by atoms with van der Waals surface area (Å²) in [5.41, 5.74) is 1.68. The molecule has 39 heavy (non-hydrogen) atoms. The van der Waals surface area contributed by atoms with Gasteiger partial charge >= 0.3 is 5.97 Å². The monoisotopic (exact) mass is 531 g/mol. The standard InChI is InChI=1S/C29H34BN3O6/c1-2-9-23(26(35)28(37)31-17-25(34)39-18-19-10-4-3-5-11-19)32-27(36)24(33-29(30)38)16-21-14-8-13-20-12-6-7-15-22(20)21/h3-8,10-15,23-24,26,35H,2,9,16-18,30H2,1H3,(H,31,37)(H,32,36)(H,33,38)/t23?,24-,26?/m0/s1. The molecule has 0 aliphatic carbocycles. The summed E-state index contributed by atoms with van der Waals surface area (Å²) in [4.78, 5) is 49.8. The van der Waals surface area contributed by atoms with Crippen LogP contribution in [0.4, 0.5) is 4.79 Å². The van der Waals surface area contributed by atoms with Gasteiger partial charge < -0.3 is 25.8 Å². The minimum Gasteiger partial charge on any atom is -0.460 e. The highest BCUT2D eigenvalue weighted by atomic mass is 16.5. The molecule has 0 aromatic heterocycles. The summed E-state index contributed by atoms with van der Waals surface area (Å²) in [7, 11) is 1.33. The van der Waals surface area contributed by atoms with Gasteiger partial charge in [0.05, 0.1) is 6.04 Å². The molecule has 3 aromatic rings. The molecule has 0 aliphatic rings. The van der Waals surface area contributed by atoms with Crippen LogP contribution in [0.1, 0.15) is 30.9 Å². The number of carbonyl (C=O) groups excluding carboxylic acids is 4. The van der Waals surface area contributed by atoms with Crippen LogP contribution in [0.3, 0.4) is 0 Å². The van der Waals surface area contributed by atoms with Crippen LogP contribution in [0.2, 0.25) is 0 Å². The lowest BCUT2D eigenvalue weighted by Gasteiger charge is -2.26. The third kappa shape index (κ3) is 8.96. The second-order valence-corrected chi connectivity index (χ2v) is 9.31. The number of aliphatic hydroxyl groups is 1. The third-order valence-electron chi connectivity index (χ3n) is 6.22. The average Bonchev–Trinajstić information content (AvgIpc) is 2.94. The molecule has 3 aromatic carbocycles. The van der Waals surface area contributed by atoms with Gasteiger partial charge in [0.15, 0.2) is 11.9 Å². The van der Waals surface area contributed by atoms with Crippen LogP contribution in [0.25, 0.3) is 10.8 Å². The van der Waals surface area contributed by atoms with E-state index in [0.29, 0.717) is 12.8 Å². The number of hydrogen-bond donors (Lipinski definition) is 4. The maximum Gasteiger partial charge on any atom is 0.325 e. The zero-order chi connectivity index (χ0) is 28.2. The summed E-state index contributed by atoms with van der Waals surface area (Å²) < 4.78 is 5.14. The van der Waals surface area contributed by atoms with Gasteiger partial charge in [-0.15, -0.1) is 0 Å². The van der Waals surface area contributed by atoms with E-state index in [4.69, 9.17) is 4.74 Å². The first kappa shape index (κ1) is 29.4. The number of nitrogens with one attached hydrogen (secondary N) is 3. The van der Waals surface area contributed by atoms with Crippen molar-refractivity contribution in [2.24, 2.45) is 0 Å². The Balaban J connectivity index is 1.62. The zero-order valence-corrected chi connectivity index (χ0v) is 22.2. The highest BCUT2D eigenvalue weighted by molar-refractivity contribution is 6.57. The average molecular weight is 531 g/mol. The Bertz CT molecular complexity index is 1280. The minimum atomic E-state index is -1.61. The number of benzene rings is 3. The van der Waals surface area contributed by atoms with Crippen molar-refractivity contribution >= 4 is 42.2 Å². The Morgan fingerprint density at radius 3 is 2.31 bits per heavy atom. The van der Waals surface area contributed by atoms with Crippen LogP contribution in [0.15, 0.2) is 72.8 Å². The van der Waals surface area contributed by atoms with Crippen molar-refractivity contribution in [2.45, 2.75) is 51.0 Å². The Morgan fingerprint density at radius 2 is 1.59 bits per heavy atom. The first-order valence-corrected chi connectivity index (χ1v) is 13.0. The Morgan fingerprint density at radius 1 is 0.897 bits per heavy atom. The lowest BCUT2D eigenvalue weighted by atomic mass is 9.96. The van der Waals surface area contributed by atoms with E-state index in [1.165, 1.54) is 7.85 Å². The largest absolute Gasteiger partial charge is 0.460 e. The molecule has 2 unspecified atom stereocenters. The molecule has 0 bridgehead atoms. The van der Waals surface area contributed by atoms with Crippen molar-refractivity contribution in [2.75, 3.05) is 6.54 Å². The highest BCUT2D eigenvalue weighted by Crippen LogP contribution is 2.20. The first-order chi connectivity index (χ1) is 18.8. The van der Waals surface area contributed by atoms with E-state index >= 15 is 0 Å². The maximum atomic E-state index is 13.3. The molecular weight excluding hydrogens is 497 g/mol. The number of ether oxygens (including phenoxy) is 1. The maximum absolute atomic E-state index is 13.3. The van der Waals surface area contributed by atoms with Gasteiger partial charge in [-0.05, 0) is 28.3 Å². The third-order valence-corrected chi connectivity index (χ3v) is 6.22. The number of carbonyl (C=O) groups is 4. The minimum absolute atomic E-state index is 0.0633. The van der Waals surface area contributed by atoms with Crippen LogP contribution < -0.4 is 16.0 Å². The molecule has 204 valence electrons. The number of esters is 1. The van der Waals surface area contributed by atoms with Crippen LogP contribution in [0.5, 0.6) is 0 Å². The number of hydrogen-bond acceptors (Lipinski definition) is 6. The Kier molecular flexibility index (Phi) is 11.1. The number of aliphatic hydroxyl groups excluding tert-OH is 1. The highest BCUT2D eigenvalue weighted by Gasteiger charge is 2.30. The second kappa shape index (κ2) is 14.7. The predicted octanol–water partition coefficient (Wildman–Crippen LogP) is 1.60. The van der Waals surface area contributed by atoms with Gasteiger partial charge in [-0.1, -0.05) is 86.1 Å². The van der Waals surface area contributed by atoms with E-state index in [1.807, 2.05) is 79.7 Å². The van der Waals surface area contributed by atoms with Gasteiger partial charge in [0.1, 0.15) is 19.2 Å². The quantitative estimate of drug-likeness (QED) is 0.196. The van der Waals surface area contributed by atoms with E-state index < -0.39 is 42.5 Å². The van der Waals surface area contributed by atoms with Crippen LogP contribution in [-0.2, 0) is 32.1 Å². The summed E-state index contributed by atoms with van der Waals surface area (Å²) in [6.45, 7) is 1.49. The summed E-state index contributed by atoms with van der Waals surface area (Å²) >= 11 is 0.